The van der Waals surface area contributed by atoms with Gasteiger partial charge in [0.25, 0.3) is 5.91 Å². The smallest absolute Gasteiger partial charge is 0.269 e. The highest BCUT2D eigenvalue weighted by Gasteiger charge is 2.41. The average molecular weight is 334 g/mol. The molecule has 2 N–H and O–H groups in total. The zero-order valence-electron chi connectivity index (χ0n) is 14.0. The number of nitriles is 1. The van der Waals surface area contributed by atoms with Crippen LogP contribution < -0.4 is 10.6 Å². The van der Waals surface area contributed by atoms with Crippen molar-refractivity contribution in [3.63, 3.8) is 0 Å². The van der Waals surface area contributed by atoms with Gasteiger partial charge in [0.15, 0.2) is 11.9 Å². The molecule has 1 unspecified atom stereocenters. The third-order valence-electron chi connectivity index (χ3n) is 4.17. The summed E-state index contributed by atoms with van der Waals surface area (Å²) in [5.41, 5.74) is 8.82. The Hall–Kier alpha value is -3.30. The molecule has 1 aliphatic rings. The number of amides is 1. The molecular weight excluding hydrogens is 316 g/mol. The number of carbonyl (C=O) groups excluding carboxylic acids is 1. The van der Waals surface area contributed by atoms with Crippen LogP contribution in [0.4, 0.5) is 5.69 Å². The number of nitrogens with two attached hydrogens (primary N) is 1. The molecular formula is C19H18N4O2. The highest BCUT2D eigenvalue weighted by atomic mass is 16.7. The largest absolute Gasteiger partial charge is 0.364 e. The van der Waals surface area contributed by atoms with Crippen LogP contribution in [-0.2, 0) is 9.63 Å². The lowest BCUT2D eigenvalue weighted by molar-refractivity contribution is -0.141. The van der Waals surface area contributed by atoms with Gasteiger partial charge >= 0.3 is 0 Å². The van der Waals surface area contributed by atoms with Crippen LogP contribution in [0.1, 0.15) is 24.2 Å². The van der Waals surface area contributed by atoms with Gasteiger partial charge in [0.2, 0.25) is 0 Å². The molecule has 0 radical (unpaired) electrons. The summed E-state index contributed by atoms with van der Waals surface area (Å²) in [5.74, 6) is -0.570. The van der Waals surface area contributed by atoms with E-state index in [2.05, 4.69) is 6.07 Å². The molecule has 0 fully saturated rings. The van der Waals surface area contributed by atoms with E-state index in [9.17, 15) is 10.1 Å². The maximum absolute atomic E-state index is 12.0. The van der Waals surface area contributed by atoms with Crippen molar-refractivity contribution in [2.75, 3.05) is 12.0 Å². The maximum atomic E-state index is 12.0. The second-order valence-electron chi connectivity index (χ2n) is 5.62. The van der Waals surface area contributed by atoms with Crippen LogP contribution in [0.2, 0.25) is 0 Å². The Morgan fingerprint density at radius 3 is 2.52 bits per heavy atom. The van der Waals surface area contributed by atoms with E-state index in [1.165, 1.54) is 12.2 Å². The van der Waals surface area contributed by atoms with E-state index in [1.54, 1.807) is 12.1 Å². The molecule has 1 aliphatic heterocycles. The van der Waals surface area contributed by atoms with Crippen molar-refractivity contribution in [2.45, 2.75) is 13.1 Å². The van der Waals surface area contributed by atoms with Crippen molar-refractivity contribution in [3.05, 3.63) is 77.1 Å². The SMILES string of the molecule is CON1C(C(N)=O)=C(C)N(c2ccccc2)C1c1cccc(C#N)c1. The average Bonchev–Trinajstić information content (AvgIpc) is 2.94. The van der Waals surface area contributed by atoms with Crippen LogP contribution in [0, 0.1) is 11.3 Å². The van der Waals surface area contributed by atoms with Gasteiger partial charge in [0, 0.05) is 11.4 Å². The number of hydrogen-bond acceptors (Lipinski definition) is 5. The van der Waals surface area contributed by atoms with Crippen molar-refractivity contribution in [3.8, 4) is 6.07 Å². The highest BCUT2D eigenvalue weighted by Crippen LogP contribution is 2.42. The Balaban J connectivity index is 2.19. The molecule has 0 spiro atoms. The molecule has 126 valence electrons. The van der Waals surface area contributed by atoms with Gasteiger partial charge in [-0.05, 0) is 36.8 Å². The fourth-order valence-corrected chi connectivity index (χ4v) is 3.14. The van der Waals surface area contributed by atoms with Crippen LogP contribution in [0.5, 0.6) is 0 Å². The molecule has 0 saturated heterocycles. The lowest BCUT2D eigenvalue weighted by Gasteiger charge is -2.33. The Kier molecular flexibility index (Phi) is 4.42. The summed E-state index contributed by atoms with van der Waals surface area (Å²) in [5, 5.41) is 10.7. The molecule has 2 aromatic carbocycles. The summed E-state index contributed by atoms with van der Waals surface area (Å²) >= 11 is 0. The highest BCUT2D eigenvalue weighted by molar-refractivity contribution is 5.93. The molecule has 0 aromatic heterocycles. The number of allylic oxidation sites excluding steroid dienone is 1. The molecule has 2 aromatic rings. The molecule has 1 amide bonds. The van der Waals surface area contributed by atoms with Crippen molar-refractivity contribution < 1.29 is 9.63 Å². The van der Waals surface area contributed by atoms with Gasteiger partial charge in [0.1, 0.15) is 0 Å². The van der Waals surface area contributed by atoms with Crippen LogP contribution >= 0.6 is 0 Å². The third kappa shape index (κ3) is 2.82. The first-order chi connectivity index (χ1) is 12.1. The minimum absolute atomic E-state index is 0.290. The van der Waals surface area contributed by atoms with E-state index < -0.39 is 12.1 Å². The molecule has 1 heterocycles. The van der Waals surface area contributed by atoms with Crippen molar-refractivity contribution in [1.82, 2.24) is 5.06 Å². The van der Waals surface area contributed by atoms with Crippen molar-refractivity contribution in [1.29, 1.82) is 5.26 Å². The quantitative estimate of drug-likeness (QED) is 0.929. The van der Waals surface area contributed by atoms with E-state index in [4.69, 9.17) is 10.6 Å². The fraction of sp³-hybridized carbons (Fsp3) is 0.158. The first kappa shape index (κ1) is 16.6. The number of hydroxylamine groups is 2. The topological polar surface area (TPSA) is 82.6 Å². The van der Waals surface area contributed by atoms with Crippen molar-refractivity contribution >= 4 is 11.6 Å². The first-order valence-corrected chi connectivity index (χ1v) is 7.77. The van der Waals surface area contributed by atoms with E-state index in [0.717, 1.165) is 11.3 Å². The Bertz CT molecular complexity index is 870. The molecule has 0 saturated carbocycles. The van der Waals surface area contributed by atoms with E-state index in [-0.39, 0.29) is 0 Å². The Morgan fingerprint density at radius 1 is 1.20 bits per heavy atom. The lowest BCUT2D eigenvalue weighted by atomic mass is 10.1. The molecule has 6 heteroatoms. The van der Waals surface area contributed by atoms with Gasteiger partial charge < -0.3 is 10.6 Å². The summed E-state index contributed by atoms with van der Waals surface area (Å²) in [4.78, 5) is 19.5. The second kappa shape index (κ2) is 6.67. The number of para-hydroxylation sites is 1. The van der Waals surface area contributed by atoms with Crippen LogP contribution in [0.15, 0.2) is 66.0 Å². The van der Waals surface area contributed by atoms with E-state index in [1.807, 2.05) is 54.3 Å². The zero-order chi connectivity index (χ0) is 18.0. The summed E-state index contributed by atoms with van der Waals surface area (Å²) in [6, 6.07) is 19.0. The van der Waals surface area contributed by atoms with Crippen LogP contribution in [0.3, 0.4) is 0 Å². The molecule has 3 rings (SSSR count). The second-order valence-corrected chi connectivity index (χ2v) is 5.62. The summed E-state index contributed by atoms with van der Waals surface area (Å²) in [6.45, 7) is 1.83. The number of nitrogens with zero attached hydrogens (tertiary/aromatic N) is 3. The summed E-state index contributed by atoms with van der Waals surface area (Å²) in [7, 11) is 1.49. The minimum atomic E-state index is -0.570. The number of rotatable bonds is 4. The van der Waals surface area contributed by atoms with Gasteiger partial charge in [0.05, 0.1) is 18.7 Å². The maximum Gasteiger partial charge on any atom is 0.269 e. The van der Waals surface area contributed by atoms with Crippen LogP contribution in [-0.4, -0.2) is 18.1 Å². The monoisotopic (exact) mass is 334 g/mol. The number of benzene rings is 2. The number of primary amides is 1. The number of anilines is 1. The van der Waals surface area contributed by atoms with Gasteiger partial charge in [-0.1, -0.05) is 30.3 Å². The molecule has 0 bridgehead atoms. The Labute approximate surface area is 146 Å². The van der Waals surface area contributed by atoms with Crippen molar-refractivity contribution in [2.24, 2.45) is 5.73 Å². The fourth-order valence-electron chi connectivity index (χ4n) is 3.14. The molecule has 25 heavy (non-hydrogen) atoms. The lowest BCUT2D eigenvalue weighted by Crippen LogP contribution is -2.34. The van der Waals surface area contributed by atoms with Gasteiger partial charge in [-0.25, -0.2) is 5.06 Å². The third-order valence-corrected chi connectivity index (χ3v) is 4.17. The van der Waals surface area contributed by atoms with Gasteiger partial charge in [-0.3, -0.25) is 9.63 Å². The molecule has 0 aliphatic carbocycles. The first-order valence-electron chi connectivity index (χ1n) is 7.77. The standard InChI is InChI=1S/C19H18N4O2/c1-13-17(18(21)24)23(25-2)19(15-8-6-7-14(11-15)12-20)22(13)16-9-4-3-5-10-16/h3-11,19H,1-2H3,(H2,21,24). The van der Waals surface area contributed by atoms with E-state index in [0.29, 0.717) is 17.0 Å². The van der Waals surface area contributed by atoms with E-state index >= 15 is 0 Å². The Morgan fingerprint density at radius 2 is 1.92 bits per heavy atom. The summed E-state index contributed by atoms with van der Waals surface area (Å²) in [6.07, 6.45) is -0.441. The summed E-state index contributed by atoms with van der Waals surface area (Å²) < 4.78 is 0. The zero-order valence-corrected chi connectivity index (χ0v) is 14.0. The number of hydrogen-bond donors (Lipinski definition) is 1. The number of carbonyl (C=O) groups is 1. The predicted octanol–water partition coefficient (Wildman–Crippen LogP) is 2.66. The molecule has 1 atom stereocenters. The minimum Gasteiger partial charge on any atom is -0.364 e. The molecule has 6 nitrogen and oxygen atoms in total. The van der Waals surface area contributed by atoms with Gasteiger partial charge in [-0.15, -0.1) is 0 Å². The predicted molar refractivity (Wildman–Crippen MR) is 93.6 cm³/mol. The van der Waals surface area contributed by atoms with Crippen LogP contribution in [0.25, 0.3) is 0 Å². The normalized spacial score (nSPS) is 16.9. The van der Waals surface area contributed by atoms with Gasteiger partial charge in [-0.2, -0.15) is 5.26 Å².